The highest BCUT2D eigenvalue weighted by atomic mass is 19.1. The Morgan fingerprint density at radius 2 is 2.15 bits per heavy atom. The number of halogens is 1. The Balaban J connectivity index is 2.05. The van der Waals surface area contributed by atoms with E-state index in [2.05, 4.69) is 6.58 Å². The van der Waals surface area contributed by atoms with E-state index in [1.807, 2.05) is 0 Å². The normalized spacial score (nSPS) is 19.7. The second kappa shape index (κ2) is 6.09. The minimum atomic E-state index is -1.33. The van der Waals surface area contributed by atoms with E-state index < -0.39 is 17.2 Å². The standard InChI is InChI=1S/C19H20FN3O4/c1-9-6-22(8-14(9)21)16-13(20)5-11-15(18(16)27-2)23(10-3-4-10)7-12(17(11)24)19(25)26/h5,7,10,14H,1,3-4,6,8,21H2,2H3,(H,25,26). The lowest BCUT2D eigenvalue weighted by Gasteiger charge is -2.24. The molecule has 27 heavy (non-hydrogen) atoms. The van der Waals surface area contributed by atoms with E-state index in [0.29, 0.717) is 18.6 Å². The average molecular weight is 373 g/mol. The van der Waals surface area contributed by atoms with Crippen molar-refractivity contribution >= 4 is 22.6 Å². The molecule has 7 nitrogen and oxygen atoms in total. The maximum atomic E-state index is 15.0. The number of pyridine rings is 1. The molecule has 1 saturated heterocycles. The summed E-state index contributed by atoms with van der Waals surface area (Å²) in [5.74, 6) is -1.77. The van der Waals surface area contributed by atoms with E-state index in [4.69, 9.17) is 10.5 Å². The molecule has 1 aromatic carbocycles. The average Bonchev–Trinajstić information content (AvgIpc) is 3.40. The monoisotopic (exact) mass is 373 g/mol. The van der Waals surface area contributed by atoms with Gasteiger partial charge in [-0.15, -0.1) is 0 Å². The van der Waals surface area contributed by atoms with E-state index in [1.165, 1.54) is 13.3 Å². The van der Waals surface area contributed by atoms with Gasteiger partial charge in [-0.1, -0.05) is 6.58 Å². The SMILES string of the molecule is C=C1CN(c2c(F)cc3c(=O)c(C(=O)O)cn(C4CC4)c3c2OC)CC1N. The molecule has 0 bridgehead atoms. The van der Waals surface area contributed by atoms with Crippen molar-refractivity contribution < 1.29 is 19.0 Å². The number of fused-ring (bicyclic) bond motifs is 1. The topological polar surface area (TPSA) is 97.8 Å². The Hall–Kier alpha value is -2.87. The molecule has 4 rings (SSSR count). The van der Waals surface area contributed by atoms with Crippen LogP contribution < -0.4 is 20.8 Å². The van der Waals surface area contributed by atoms with Crippen molar-refractivity contribution in [2.45, 2.75) is 24.9 Å². The fourth-order valence-electron chi connectivity index (χ4n) is 3.69. The number of carboxylic acid groups (broad SMARTS) is 1. The summed E-state index contributed by atoms with van der Waals surface area (Å²) in [6.45, 7) is 4.69. The molecular formula is C19H20FN3O4. The lowest BCUT2D eigenvalue weighted by molar-refractivity contribution is 0.0695. The second-order valence-electron chi connectivity index (χ2n) is 7.10. The Labute approximate surface area is 154 Å². The Morgan fingerprint density at radius 3 is 2.67 bits per heavy atom. The van der Waals surface area contributed by atoms with E-state index >= 15 is 4.39 Å². The van der Waals surface area contributed by atoms with E-state index in [9.17, 15) is 14.7 Å². The number of hydrogen-bond donors (Lipinski definition) is 2. The molecule has 0 amide bonds. The first kappa shape index (κ1) is 17.5. The van der Waals surface area contributed by atoms with E-state index in [0.717, 1.165) is 24.5 Å². The van der Waals surface area contributed by atoms with Crippen molar-refractivity contribution in [3.63, 3.8) is 0 Å². The van der Waals surface area contributed by atoms with Crippen LogP contribution in [-0.4, -0.2) is 41.9 Å². The van der Waals surface area contributed by atoms with Crippen molar-refractivity contribution in [2.24, 2.45) is 5.73 Å². The quantitative estimate of drug-likeness (QED) is 0.795. The number of methoxy groups -OCH3 is 1. The molecule has 0 spiro atoms. The number of anilines is 1. The highest BCUT2D eigenvalue weighted by Gasteiger charge is 2.33. The molecule has 1 unspecified atom stereocenters. The summed E-state index contributed by atoms with van der Waals surface area (Å²) in [6.07, 6.45) is 3.06. The lowest BCUT2D eigenvalue weighted by Crippen LogP contribution is -2.28. The van der Waals surface area contributed by atoms with Crippen molar-refractivity contribution in [1.82, 2.24) is 4.57 Å². The molecule has 2 aliphatic rings. The van der Waals surface area contributed by atoms with Crippen LogP contribution >= 0.6 is 0 Å². The minimum Gasteiger partial charge on any atom is -0.492 e. The molecule has 1 aliphatic carbocycles. The maximum Gasteiger partial charge on any atom is 0.341 e. The van der Waals surface area contributed by atoms with Gasteiger partial charge in [-0.3, -0.25) is 4.79 Å². The van der Waals surface area contributed by atoms with Crippen molar-refractivity contribution in [1.29, 1.82) is 0 Å². The van der Waals surface area contributed by atoms with Gasteiger partial charge in [-0.25, -0.2) is 9.18 Å². The number of carbonyl (C=O) groups is 1. The molecule has 142 valence electrons. The van der Waals surface area contributed by atoms with Crippen LogP contribution in [0.4, 0.5) is 10.1 Å². The van der Waals surface area contributed by atoms with E-state index in [-0.39, 0.29) is 34.5 Å². The van der Waals surface area contributed by atoms with Crippen LogP contribution in [-0.2, 0) is 0 Å². The predicted octanol–water partition coefficient (Wildman–Crippen LogP) is 1.89. The summed E-state index contributed by atoms with van der Waals surface area (Å²) < 4.78 is 22.3. The zero-order chi connectivity index (χ0) is 19.5. The van der Waals surface area contributed by atoms with Gasteiger partial charge in [0.25, 0.3) is 0 Å². The van der Waals surface area contributed by atoms with Gasteiger partial charge < -0.3 is 25.0 Å². The number of rotatable bonds is 4. The van der Waals surface area contributed by atoms with Gasteiger partial charge in [0.15, 0.2) is 11.6 Å². The number of carboxylic acids is 1. The number of aromatic carboxylic acids is 1. The summed E-state index contributed by atoms with van der Waals surface area (Å²) in [5.41, 5.74) is 6.33. The zero-order valence-corrected chi connectivity index (χ0v) is 14.9. The number of aromatic nitrogens is 1. The fourth-order valence-corrected chi connectivity index (χ4v) is 3.69. The van der Waals surface area contributed by atoms with Crippen molar-refractivity contribution in [2.75, 3.05) is 25.1 Å². The summed E-state index contributed by atoms with van der Waals surface area (Å²) in [7, 11) is 1.41. The number of hydrogen-bond acceptors (Lipinski definition) is 5. The summed E-state index contributed by atoms with van der Waals surface area (Å²) in [6, 6.07) is 0.895. The van der Waals surface area contributed by atoms with Gasteiger partial charge in [-0.2, -0.15) is 0 Å². The Morgan fingerprint density at radius 1 is 1.44 bits per heavy atom. The Kier molecular flexibility index (Phi) is 3.96. The first-order valence-electron chi connectivity index (χ1n) is 8.70. The molecular weight excluding hydrogens is 353 g/mol. The third-order valence-electron chi connectivity index (χ3n) is 5.22. The van der Waals surface area contributed by atoms with Crippen LogP contribution in [0.2, 0.25) is 0 Å². The molecule has 2 heterocycles. The van der Waals surface area contributed by atoms with Gasteiger partial charge in [0.05, 0.1) is 18.0 Å². The molecule has 0 radical (unpaired) electrons. The number of benzene rings is 1. The first-order valence-corrected chi connectivity index (χ1v) is 8.70. The molecule has 1 aliphatic heterocycles. The smallest absolute Gasteiger partial charge is 0.341 e. The van der Waals surface area contributed by atoms with Crippen LogP contribution in [0.25, 0.3) is 10.9 Å². The van der Waals surface area contributed by atoms with Crippen molar-refractivity contribution in [3.05, 3.63) is 46.0 Å². The van der Waals surface area contributed by atoms with Gasteiger partial charge in [0, 0.05) is 31.4 Å². The third-order valence-corrected chi connectivity index (χ3v) is 5.22. The summed E-state index contributed by atoms with van der Waals surface area (Å²) in [4.78, 5) is 25.9. The first-order chi connectivity index (χ1) is 12.8. The molecule has 1 saturated carbocycles. The van der Waals surface area contributed by atoms with Gasteiger partial charge in [0.2, 0.25) is 5.43 Å². The van der Waals surface area contributed by atoms with Crippen LogP contribution in [0.3, 0.4) is 0 Å². The fraction of sp³-hybridized carbons (Fsp3) is 0.368. The number of nitrogens with two attached hydrogens (primary N) is 1. The van der Waals surface area contributed by atoms with Crippen LogP contribution in [0.1, 0.15) is 29.2 Å². The zero-order valence-electron chi connectivity index (χ0n) is 14.9. The van der Waals surface area contributed by atoms with Crippen LogP contribution in [0.5, 0.6) is 5.75 Å². The van der Waals surface area contributed by atoms with E-state index in [1.54, 1.807) is 9.47 Å². The van der Waals surface area contributed by atoms with Crippen molar-refractivity contribution in [3.8, 4) is 5.75 Å². The predicted molar refractivity (Wildman–Crippen MR) is 99.3 cm³/mol. The molecule has 1 aromatic heterocycles. The van der Waals surface area contributed by atoms with Gasteiger partial charge >= 0.3 is 5.97 Å². The Bertz CT molecular complexity index is 1040. The molecule has 2 fully saturated rings. The largest absolute Gasteiger partial charge is 0.492 e. The van der Waals surface area contributed by atoms with Gasteiger partial charge in [0.1, 0.15) is 11.3 Å². The summed E-state index contributed by atoms with van der Waals surface area (Å²) >= 11 is 0. The maximum absolute atomic E-state index is 15.0. The second-order valence-corrected chi connectivity index (χ2v) is 7.10. The highest BCUT2D eigenvalue weighted by molar-refractivity contribution is 5.97. The lowest BCUT2D eigenvalue weighted by atomic mass is 10.1. The number of nitrogens with zero attached hydrogens (tertiary/aromatic N) is 2. The highest BCUT2D eigenvalue weighted by Crippen LogP contribution is 2.44. The minimum absolute atomic E-state index is 0.00206. The molecule has 3 N–H and O–H groups in total. The van der Waals surface area contributed by atoms with Crippen LogP contribution in [0, 0.1) is 5.82 Å². The van der Waals surface area contributed by atoms with Crippen LogP contribution in [0.15, 0.2) is 29.2 Å². The molecule has 1 atom stereocenters. The third kappa shape index (κ3) is 2.68. The molecule has 2 aromatic rings. The summed E-state index contributed by atoms with van der Waals surface area (Å²) in [5, 5.41) is 9.36. The number of ether oxygens (including phenoxy) is 1. The molecule has 8 heteroatoms. The van der Waals surface area contributed by atoms with Gasteiger partial charge in [-0.05, 0) is 24.5 Å².